The number of carbonyl (C=O) groups is 1. The molecule has 0 spiro atoms. The molecule has 2 atom stereocenters. The van der Waals surface area contributed by atoms with Gasteiger partial charge >= 0.3 is 0 Å². The summed E-state index contributed by atoms with van der Waals surface area (Å²) in [7, 11) is 0. The smallest absolute Gasteiger partial charge is 0.134 e. The third-order valence-electron chi connectivity index (χ3n) is 9.16. The van der Waals surface area contributed by atoms with Gasteiger partial charge in [-0.15, -0.1) is 0 Å². The summed E-state index contributed by atoms with van der Waals surface area (Å²) in [6.07, 6.45) is 14.6. The number of Topliss-reactive ketones (excluding diaryl/α,β-unsaturated/α-hetero) is 1. The lowest BCUT2D eigenvalue weighted by molar-refractivity contribution is -0.120. The van der Waals surface area contributed by atoms with Crippen molar-refractivity contribution in [1.82, 2.24) is 0 Å². The molecule has 0 radical (unpaired) electrons. The average Bonchev–Trinajstić information content (AvgIpc) is 2.83. The number of rotatable bonds is 8. The summed E-state index contributed by atoms with van der Waals surface area (Å²) in [5.41, 5.74) is 8.46. The molecule has 0 saturated heterocycles. The summed E-state index contributed by atoms with van der Waals surface area (Å²) in [5, 5.41) is 0. The van der Waals surface area contributed by atoms with Gasteiger partial charge in [0.25, 0.3) is 0 Å². The monoisotopic (exact) mass is 458 g/mol. The third-order valence-corrected chi connectivity index (χ3v) is 9.16. The van der Waals surface area contributed by atoms with Gasteiger partial charge in [-0.2, -0.15) is 0 Å². The number of hydrogen-bond acceptors (Lipinski definition) is 1. The van der Waals surface area contributed by atoms with Crippen LogP contribution in [0.4, 0.5) is 0 Å². The molecule has 184 valence electrons. The molecule has 2 saturated carbocycles. The lowest BCUT2D eigenvalue weighted by atomic mass is 9.69. The van der Waals surface area contributed by atoms with E-state index in [1.165, 1.54) is 97.6 Å². The summed E-state index contributed by atoms with van der Waals surface area (Å²) in [5.74, 6) is 2.59. The molecule has 0 aromatic heterocycles. The summed E-state index contributed by atoms with van der Waals surface area (Å²) in [4.78, 5) is 13.9. The molecule has 34 heavy (non-hydrogen) atoms. The number of hydrogen-bond donors (Lipinski definition) is 0. The van der Waals surface area contributed by atoms with Crippen molar-refractivity contribution in [2.75, 3.05) is 0 Å². The molecule has 2 aliphatic carbocycles. The number of carbonyl (C=O) groups excluding carboxylic acids is 1. The maximum absolute atomic E-state index is 13.9. The molecule has 4 rings (SSSR count). The molecule has 2 aromatic rings. The Hall–Kier alpha value is -1.89. The normalized spacial score (nSPS) is 19.6. The Morgan fingerprint density at radius 2 is 0.941 bits per heavy atom. The van der Waals surface area contributed by atoms with Crippen molar-refractivity contribution in [1.29, 1.82) is 0 Å². The third kappa shape index (κ3) is 5.84. The van der Waals surface area contributed by atoms with E-state index in [1.54, 1.807) is 0 Å². The van der Waals surface area contributed by atoms with Gasteiger partial charge in [-0.1, -0.05) is 74.9 Å². The lowest BCUT2D eigenvalue weighted by Gasteiger charge is -2.35. The fourth-order valence-corrected chi connectivity index (χ4v) is 7.48. The molecule has 0 bridgehead atoms. The van der Waals surface area contributed by atoms with Gasteiger partial charge in [-0.25, -0.2) is 0 Å². The fraction of sp³-hybridized carbons (Fsp3) is 0.606. The molecule has 1 heteroatoms. The quantitative estimate of drug-likeness (QED) is 0.385. The van der Waals surface area contributed by atoms with E-state index in [0.29, 0.717) is 29.5 Å². The second kappa shape index (κ2) is 11.7. The first kappa shape index (κ1) is 25.2. The Balaban J connectivity index is 1.61. The molecular formula is C33H46O. The fourth-order valence-electron chi connectivity index (χ4n) is 7.48. The second-order valence-corrected chi connectivity index (χ2v) is 11.6. The van der Waals surface area contributed by atoms with E-state index in [0.717, 1.165) is 12.8 Å². The number of benzene rings is 2. The van der Waals surface area contributed by atoms with E-state index in [-0.39, 0.29) is 0 Å². The van der Waals surface area contributed by atoms with Gasteiger partial charge in [0.1, 0.15) is 5.78 Å². The van der Waals surface area contributed by atoms with E-state index in [1.807, 2.05) is 0 Å². The molecule has 1 nitrogen and oxygen atoms in total. The zero-order valence-electron chi connectivity index (χ0n) is 22.2. The van der Waals surface area contributed by atoms with Crippen molar-refractivity contribution in [3.63, 3.8) is 0 Å². The van der Waals surface area contributed by atoms with E-state index in [9.17, 15) is 4.79 Å². The van der Waals surface area contributed by atoms with Crippen LogP contribution in [0.2, 0.25) is 0 Å². The van der Waals surface area contributed by atoms with Crippen LogP contribution in [0, 0.1) is 39.5 Å². The van der Waals surface area contributed by atoms with Crippen molar-refractivity contribution in [3.8, 4) is 0 Å². The minimum atomic E-state index is 0.388. The van der Waals surface area contributed by atoms with Gasteiger partial charge < -0.3 is 0 Å². The topological polar surface area (TPSA) is 17.1 Å². The van der Waals surface area contributed by atoms with Crippen molar-refractivity contribution in [2.24, 2.45) is 11.8 Å². The van der Waals surface area contributed by atoms with Crippen LogP contribution >= 0.6 is 0 Å². The lowest BCUT2D eigenvalue weighted by Crippen LogP contribution is -2.24. The van der Waals surface area contributed by atoms with Gasteiger partial charge in [0, 0.05) is 12.8 Å². The van der Waals surface area contributed by atoms with E-state index in [4.69, 9.17) is 0 Å². The Labute approximate surface area is 208 Å². The summed E-state index contributed by atoms with van der Waals surface area (Å²) >= 11 is 0. The van der Waals surface area contributed by atoms with Crippen molar-refractivity contribution in [2.45, 2.75) is 117 Å². The second-order valence-electron chi connectivity index (χ2n) is 11.6. The summed E-state index contributed by atoms with van der Waals surface area (Å²) in [6, 6.07) is 13.4. The van der Waals surface area contributed by atoms with Crippen LogP contribution in [0.15, 0.2) is 36.4 Å². The van der Waals surface area contributed by atoms with Crippen LogP contribution in [0.3, 0.4) is 0 Å². The van der Waals surface area contributed by atoms with Crippen LogP contribution in [0.5, 0.6) is 0 Å². The van der Waals surface area contributed by atoms with Crippen LogP contribution in [-0.2, 0) is 4.79 Å². The van der Waals surface area contributed by atoms with Crippen LogP contribution in [-0.4, -0.2) is 5.78 Å². The van der Waals surface area contributed by atoms with Crippen LogP contribution in [0.25, 0.3) is 0 Å². The van der Waals surface area contributed by atoms with Gasteiger partial charge in [0.15, 0.2) is 0 Å². The number of ketones is 1. The van der Waals surface area contributed by atoms with E-state index < -0.39 is 0 Å². The zero-order chi connectivity index (χ0) is 24.1. The zero-order valence-corrected chi connectivity index (χ0v) is 22.2. The van der Waals surface area contributed by atoms with Crippen molar-refractivity contribution < 1.29 is 4.79 Å². The maximum Gasteiger partial charge on any atom is 0.134 e. The minimum absolute atomic E-state index is 0.388. The van der Waals surface area contributed by atoms with Gasteiger partial charge in [0.2, 0.25) is 0 Å². The predicted octanol–water partition coefficient (Wildman–Crippen LogP) is 9.30. The van der Waals surface area contributed by atoms with Crippen LogP contribution < -0.4 is 0 Å². The molecule has 0 unspecified atom stereocenters. The number of aryl methyl sites for hydroxylation is 4. The highest BCUT2D eigenvalue weighted by Gasteiger charge is 2.33. The molecule has 2 fully saturated rings. The first-order valence-corrected chi connectivity index (χ1v) is 14.1. The van der Waals surface area contributed by atoms with Gasteiger partial charge in [0.05, 0.1) is 0 Å². The van der Waals surface area contributed by atoms with Crippen LogP contribution in [0.1, 0.15) is 122 Å². The predicted molar refractivity (Wildman–Crippen MR) is 145 cm³/mol. The SMILES string of the molecule is Cc1cccc(C)c1[C@H](CC(=O)C[C@@H](c1c(C)cccc1C)C1CCCCC1)C1CCCCC1. The van der Waals surface area contributed by atoms with Gasteiger partial charge in [-0.05, 0) is 110 Å². The Bertz CT molecular complexity index is 841. The maximum atomic E-state index is 13.9. The van der Waals surface area contributed by atoms with E-state index in [2.05, 4.69) is 64.1 Å². The molecule has 0 amide bonds. The molecule has 2 aromatic carbocycles. The molecule has 2 aliphatic rings. The largest absolute Gasteiger partial charge is 0.300 e. The average molecular weight is 459 g/mol. The summed E-state index contributed by atoms with van der Waals surface area (Å²) < 4.78 is 0. The minimum Gasteiger partial charge on any atom is -0.300 e. The Morgan fingerprint density at radius 1 is 0.618 bits per heavy atom. The standard InChI is InChI=1S/C33H46O/c1-23-13-11-14-24(2)32(23)30(27-17-7-5-8-18-27)21-29(34)22-31(28-19-9-6-10-20-28)33-25(3)15-12-16-26(33)4/h11-16,27-28,30-31H,5-10,17-22H2,1-4H3/t30-,31-/m1/s1. The van der Waals surface area contributed by atoms with Crippen molar-refractivity contribution >= 4 is 5.78 Å². The highest BCUT2D eigenvalue weighted by atomic mass is 16.1. The molecule has 0 N–H and O–H groups in total. The highest BCUT2D eigenvalue weighted by molar-refractivity contribution is 5.80. The van der Waals surface area contributed by atoms with Crippen molar-refractivity contribution in [3.05, 3.63) is 69.8 Å². The summed E-state index contributed by atoms with van der Waals surface area (Å²) in [6.45, 7) is 9.02. The molecule has 0 heterocycles. The Kier molecular flexibility index (Phi) is 8.67. The Morgan fingerprint density at radius 3 is 1.26 bits per heavy atom. The molecular weight excluding hydrogens is 412 g/mol. The van der Waals surface area contributed by atoms with Gasteiger partial charge in [-0.3, -0.25) is 4.79 Å². The first-order chi connectivity index (χ1) is 16.5. The highest BCUT2D eigenvalue weighted by Crippen LogP contribution is 2.44. The van der Waals surface area contributed by atoms with E-state index >= 15 is 0 Å². The molecule has 0 aliphatic heterocycles. The first-order valence-electron chi connectivity index (χ1n) is 14.1.